The fourth-order valence-corrected chi connectivity index (χ4v) is 2.32. The molecule has 3 rings (SSSR count). The number of aliphatic hydroxyl groups excluding tert-OH is 1. The molecule has 1 heterocycles. The molecule has 0 aliphatic heterocycles. The zero-order chi connectivity index (χ0) is 14.3. The van der Waals surface area contributed by atoms with Gasteiger partial charge in [0.25, 0.3) is 5.69 Å². The fourth-order valence-electron chi connectivity index (χ4n) is 2.32. The Morgan fingerprint density at radius 3 is 2.80 bits per heavy atom. The van der Waals surface area contributed by atoms with E-state index < -0.39 is 4.92 Å². The van der Waals surface area contributed by atoms with Crippen LogP contribution in [-0.2, 0) is 6.61 Å². The van der Waals surface area contributed by atoms with E-state index in [-0.39, 0.29) is 18.3 Å². The van der Waals surface area contributed by atoms with Crippen LogP contribution in [0.25, 0.3) is 11.4 Å². The van der Waals surface area contributed by atoms with Gasteiger partial charge in [-0.15, -0.1) is 10.2 Å². The maximum Gasteiger partial charge on any atom is 0.280 e. The van der Waals surface area contributed by atoms with Crippen molar-refractivity contribution in [2.24, 2.45) is 0 Å². The summed E-state index contributed by atoms with van der Waals surface area (Å²) in [7, 11) is 0. The molecule has 1 saturated carbocycles. The Bertz CT molecular complexity index is 676. The average molecular weight is 274 g/mol. The lowest BCUT2D eigenvalue weighted by Crippen LogP contribution is -2.04. The van der Waals surface area contributed by atoms with Crippen LogP contribution in [0.5, 0.6) is 0 Å². The largest absolute Gasteiger partial charge is 0.388 e. The van der Waals surface area contributed by atoms with Crippen molar-refractivity contribution in [3.05, 3.63) is 39.7 Å². The summed E-state index contributed by atoms with van der Waals surface area (Å²) in [5.41, 5.74) is 1.38. The van der Waals surface area contributed by atoms with Gasteiger partial charge in [-0.2, -0.15) is 0 Å². The van der Waals surface area contributed by atoms with Crippen molar-refractivity contribution in [2.75, 3.05) is 0 Å². The summed E-state index contributed by atoms with van der Waals surface area (Å²) in [6.07, 6.45) is 1.97. The minimum Gasteiger partial charge on any atom is -0.388 e. The minimum atomic E-state index is -0.417. The maximum atomic E-state index is 11.2. The summed E-state index contributed by atoms with van der Waals surface area (Å²) in [6.45, 7) is 1.65. The van der Waals surface area contributed by atoms with Gasteiger partial charge in [-0.25, -0.2) is 0 Å². The van der Waals surface area contributed by atoms with Gasteiger partial charge in [-0.1, -0.05) is 6.07 Å². The van der Waals surface area contributed by atoms with Gasteiger partial charge in [0.2, 0.25) is 0 Å². The first kappa shape index (κ1) is 12.7. The molecule has 0 spiro atoms. The lowest BCUT2D eigenvalue weighted by atomic mass is 10.1. The van der Waals surface area contributed by atoms with Gasteiger partial charge in [0.1, 0.15) is 6.61 Å². The molecule has 20 heavy (non-hydrogen) atoms. The van der Waals surface area contributed by atoms with E-state index in [1.807, 2.05) is 11.5 Å². The number of aryl methyl sites for hydroxylation is 1. The van der Waals surface area contributed by atoms with Crippen molar-refractivity contribution < 1.29 is 10.0 Å². The van der Waals surface area contributed by atoms with Crippen LogP contribution in [0.15, 0.2) is 18.2 Å². The summed E-state index contributed by atoms with van der Waals surface area (Å²) in [5.74, 6) is 0.922. The van der Waals surface area contributed by atoms with Gasteiger partial charge in [-0.05, 0) is 31.4 Å². The molecule has 2 aromatic rings. The van der Waals surface area contributed by atoms with Crippen molar-refractivity contribution in [2.45, 2.75) is 32.4 Å². The van der Waals surface area contributed by atoms with Crippen LogP contribution in [0.4, 0.5) is 5.69 Å². The summed E-state index contributed by atoms with van der Waals surface area (Å²) in [6, 6.07) is 5.16. The van der Waals surface area contributed by atoms with Crippen LogP contribution in [-0.4, -0.2) is 24.8 Å². The molecule has 7 heteroatoms. The number of aromatic nitrogens is 3. The smallest absolute Gasteiger partial charge is 0.280 e. The highest BCUT2D eigenvalue weighted by Crippen LogP contribution is 2.40. The molecule has 1 aliphatic carbocycles. The molecular weight excluding hydrogens is 260 g/mol. The molecule has 0 saturated heterocycles. The van der Waals surface area contributed by atoms with E-state index in [0.717, 1.165) is 18.4 Å². The lowest BCUT2D eigenvalue weighted by molar-refractivity contribution is -0.384. The SMILES string of the molecule is Cc1ccc([N+](=O)[O-])c(-c2nnc(CO)n2C2CC2)c1. The van der Waals surface area contributed by atoms with Gasteiger partial charge in [0.05, 0.1) is 10.5 Å². The zero-order valence-electron chi connectivity index (χ0n) is 11.0. The average Bonchev–Trinajstić information content (AvgIpc) is 3.17. The van der Waals surface area contributed by atoms with E-state index in [1.165, 1.54) is 6.07 Å². The second-order valence-electron chi connectivity index (χ2n) is 4.98. The molecule has 1 aliphatic rings. The number of benzene rings is 1. The van der Waals surface area contributed by atoms with Crippen LogP contribution >= 0.6 is 0 Å². The van der Waals surface area contributed by atoms with Gasteiger partial charge >= 0.3 is 0 Å². The molecule has 0 unspecified atom stereocenters. The van der Waals surface area contributed by atoms with Crippen LogP contribution < -0.4 is 0 Å². The molecule has 7 nitrogen and oxygen atoms in total. The van der Waals surface area contributed by atoms with Crippen molar-refractivity contribution in [3.63, 3.8) is 0 Å². The predicted molar refractivity (Wildman–Crippen MR) is 71.0 cm³/mol. The van der Waals surface area contributed by atoms with Crippen molar-refractivity contribution in [3.8, 4) is 11.4 Å². The van der Waals surface area contributed by atoms with E-state index in [9.17, 15) is 15.2 Å². The molecule has 0 bridgehead atoms. The number of hydrogen-bond donors (Lipinski definition) is 1. The molecule has 1 fully saturated rings. The highest BCUT2D eigenvalue weighted by molar-refractivity contribution is 5.69. The second kappa shape index (κ2) is 4.68. The molecule has 1 aromatic carbocycles. The number of nitro benzene ring substituents is 1. The predicted octanol–water partition coefficient (Wildman–Crippen LogP) is 1.99. The molecule has 0 amide bonds. The van der Waals surface area contributed by atoms with E-state index in [2.05, 4.69) is 10.2 Å². The third-order valence-corrected chi connectivity index (χ3v) is 3.41. The standard InChI is InChI=1S/C13H14N4O3/c1-8-2-5-11(17(19)20)10(6-8)13-15-14-12(7-18)16(13)9-3-4-9/h2,5-6,9,18H,3-4,7H2,1H3. The molecule has 1 aromatic heterocycles. The maximum absolute atomic E-state index is 11.2. The Morgan fingerprint density at radius 1 is 1.45 bits per heavy atom. The monoisotopic (exact) mass is 274 g/mol. The minimum absolute atomic E-state index is 0.00869. The number of aliphatic hydroxyl groups is 1. The Kier molecular flexibility index (Phi) is 2.98. The first-order valence-corrected chi connectivity index (χ1v) is 6.42. The lowest BCUT2D eigenvalue weighted by Gasteiger charge is -2.08. The van der Waals surface area contributed by atoms with Gasteiger partial charge in [0.15, 0.2) is 11.6 Å². The van der Waals surface area contributed by atoms with Crippen molar-refractivity contribution >= 4 is 5.69 Å². The van der Waals surface area contributed by atoms with Gasteiger partial charge < -0.3 is 9.67 Å². The Labute approximate surface area is 115 Å². The highest BCUT2D eigenvalue weighted by Gasteiger charge is 2.31. The number of hydrogen-bond acceptors (Lipinski definition) is 5. The van der Waals surface area contributed by atoms with E-state index in [1.54, 1.807) is 12.1 Å². The molecule has 0 atom stereocenters. The van der Waals surface area contributed by atoms with E-state index in [0.29, 0.717) is 17.2 Å². The Balaban J connectivity index is 2.20. The van der Waals surface area contributed by atoms with Crippen molar-refractivity contribution in [1.82, 2.24) is 14.8 Å². The summed E-state index contributed by atoms with van der Waals surface area (Å²) in [5, 5.41) is 28.5. The topological polar surface area (TPSA) is 94.1 Å². The Morgan fingerprint density at radius 2 is 2.20 bits per heavy atom. The Hall–Kier alpha value is -2.28. The van der Waals surface area contributed by atoms with Gasteiger partial charge in [-0.3, -0.25) is 10.1 Å². The number of nitrogens with zero attached hydrogens (tertiary/aromatic N) is 4. The normalized spacial score (nSPS) is 14.5. The summed E-state index contributed by atoms with van der Waals surface area (Å²) in [4.78, 5) is 10.8. The molecule has 0 radical (unpaired) electrons. The van der Waals surface area contributed by atoms with E-state index >= 15 is 0 Å². The third kappa shape index (κ3) is 2.05. The highest BCUT2D eigenvalue weighted by atomic mass is 16.6. The van der Waals surface area contributed by atoms with Crippen LogP contribution in [0, 0.1) is 17.0 Å². The van der Waals surface area contributed by atoms with Crippen LogP contribution in [0.3, 0.4) is 0 Å². The van der Waals surface area contributed by atoms with Crippen LogP contribution in [0.1, 0.15) is 30.3 Å². The van der Waals surface area contributed by atoms with Gasteiger partial charge in [0, 0.05) is 12.1 Å². The number of nitro groups is 1. The zero-order valence-corrected chi connectivity index (χ0v) is 11.0. The first-order chi connectivity index (χ1) is 9.61. The first-order valence-electron chi connectivity index (χ1n) is 6.42. The molecule has 1 N–H and O–H groups in total. The number of rotatable bonds is 4. The molecular formula is C13H14N4O3. The van der Waals surface area contributed by atoms with Crippen molar-refractivity contribution in [1.29, 1.82) is 0 Å². The second-order valence-corrected chi connectivity index (χ2v) is 4.98. The van der Waals surface area contributed by atoms with Crippen LogP contribution in [0.2, 0.25) is 0 Å². The van der Waals surface area contributed by atoms with E-state index in [4.69, 9.17) is 0 Å². The third-order valence-electron chi connectivity index (χ3n) is 3.41. The summed E-state index contributed by atoms with van der Waals surface area (Å²) >= 11 is 0. The quantitative estimate of drug-likeness (QED) is 0.679. The fraction of sp³-hybridized carbons (Fsp3) is 0.385. The molecule has 104 valence electrons. The summed E-state index contributed by atoms with van der Waals surface area (Å²) < 4.78 is 1.82.